The summed E-state index contributed by atoms with van der Waals surface area (Å²) < 4.78 is 4.28. The van der Waals surface area contributed by atoms with Crippen LogP contribution < -0.4 is 5.32 Å². The molecule has 4 nitrogen and oxygen atoms in total. The molecule has 0 aliphatic carbocycles. The van der Waals surface area contributed by atoms with E-state index in [4.69, 9.17) is 0 Å². The monoisotopic (exact) mass is 297 g/mol. The van der Waals surface area contributed by atoms with Crippen LogP contribution in [0.15, 0.2) is 0 Å². The highest BCUT2D eigenvalue weighted by Crippen LogP contribution is 2.26. The first-order chi connectivity index (χ1) is 9.49. The summed E-state index contributed by atoms with van der Waals surface area (Å²) in [4.78, 5) is 14.1. The zero-order valence-electron chi connectivity index (χ0n) is 13.3. The zero-order valence-corrected chi connectivity index (χ0v) is 14.1. The molecule has 0 spiro atoms. The van der Waals surface area contributed by atoms with Gasteiger partial charge < -0.3 is 10.2 Å². The van der Waals surface area contributed by atoms with Gasteiger partial charge in [0.05, 0.1) is 11.3 Å². The van der Waals surface area contributed by atoms with Crippen molar-refractivity contribution in [2.45, 2.75) is 53.5 Å². The first-order valence-electron chi connectivity index (χ1n) is 7.45. The molecular formula is C15H27N3OS. The van der Waals surface area contributed by atoms with Gasteiger partial charge in [-0.15, -0.1) is 0 Å². The fraction of sp³-hybridized carbons (Fsp3) is 0.733. The zero-order chi connectivity index (χ0) is 15.1. The Bertz CT molecular complexity index is 427. The topological polar surface area (TPSA) is 45.2 Å². The average molecular weight is 297 g/mol. The summed E-state index contributed by atoms with van der Waals surface area (Å²) in [5.41, 5.74) is 1.59. The van der Waals surface area contributed by atoms with Gasteiger partial charge in [0, 0.05) is 6.04 Å². The van der Waals surface area contributed by atoms with Crippen molar-refractivity contribution in [3.63, 3.8) is 0 Å². The molecule has 0 amide bonds. The summed E-state index contributed by atoms with van der Waals surface area (Å²) in [5, 5.41) is 4.36. The number of carbonyl (C=O) groups excluding carboxylic acids is 1. The Morgan fingerprint density at radius 2 is 2.05 bits per heavy atom. The highest BCUT2D eigenvalue weighted by molar-refractivity contribution is 7.10. The molecule has 1 aromatic heterocycles. The standard InChI is InChI=1S/C15H27N3OS/c1-6-18(7-2)10-8-9-11(3)16-15-14(13(5)19)12(4)17-20-15/h11,16H,6-10H2,1-5H3. The number of hydrogen-bond acceptors (Lipinski definition) is 5. The number of nitrogens with one attached hydrogen (secondary N) is 1. The summed E-state index contributed by atoms with van der Waals surface area (Å²) >= 11 is 1.39. The van der Waals surface area contributed by atoms with Crippen molar-refractivity contribution >= 4 is 22.3 Å². The van der Waals surface area contributed by atoms with Crippen LogP contribution in [0.3, 0.4) is 0 Å². The molecule has 0 radical (unpaired) electrons. The lowest BCUT2D eigenvalue weighted by molar-refractivity contribution is 0.101. The van der Waals surface area contributed by atoms with Crippen LogP contribution in [-0.4, -0.2) is 40.7 Å². The van der Waals surface area contributed by atoms with Crippen molar-refractivity contribution in [1.29, 1.82) is 0 Å². The maximum atomic E-state index is 11.6. The number of rotatable bonds is 9. The van der Waals surface area contributed by atoms with Crippen molar-refractivity contribution in [2.75, 3.05) is 25.0 Å². The van der Waals surface area contributed by atoms with E-state index < -0.39 is 0 Å². The first-order valence-corrected chi connectivity index (χ1v) is 8.22. The molecular weight excluding hydrogens is 270 g/mol. The molecule has 0 fully saturated rings. The number of Topliss-reactive ketones (excluding diaryl/α,β-unsaturated/α-hetero) is 1. The number of nitrogens with zero attached hydrogens (tertiary/aromatic N) is 2. The molecule has 0 saturated carbocycles. The van der Waals surface area contributed by atoms with Crippen LogP contribution in [-0.2, 0) is 0 Å². The van der Waals surface area contributed by atoms with Crippen LogP contribution in [0.25, 0.3) is 0 Å². The Kier molecular flexibility index (Phi) is 7.16. The second kappa shape index (κ2) is 8.37. The highest BCUT2D eigenvalue weighted by atomic mass is 32.1. The first kappa shape index (κ1) is 17.1. The third kappa shape index (κ3) is 4.87. The van der Waals surface area contributed by atoms with Gasteiger partial charge in [-0.3, -0.25) is 4.79 Å². The van der Waals surface area contributed by atoms with Gasteiger partial charge in [-0.05, 0) is 64.8 Å². The van der Waals surface area contributed by atoms with Gasteiger partial charge in [0.1, 0.15) is 5.00 Å². The fourth-order valence-corrected chi connectivity index (χ4v) is 3.30. The highest BCUT2D eigenvalue weighted by Gasteiger charge is 2.16. The number of ketones is 1. The lowest BCUT2D eigenvalue weighted by Crippen LogP contribution is -2.25. The quantitative estimate of drug-likeness (QED) is 0.708. The Balaban J connectivity index is 2.47. The van der Waals surface area contributed by atoms with Crippen LogP contribution in [0.1, 0.15) is 56.6 Å². The maximum Gasteiger partial charge on any atom is 0.164 e. The number of hydrogen-bond donors (Lipinski definition) is 1. The number of aromatic nitrogens is 1. The molecule has 1 rings (SSSR count). The largest absolute Gasteiger partial charge is 0.373 e. The molecule has 0 aromatic carbocycles. The Labute approximate surface area is 126 Å². The van der Waals surface area contributed by atoms with Gasteiger partial charge in [0.25, 0.3) is 0 Å². The molecule has 1 aromatic rings. The van der Waals surface area contributed by atoms with Crippen LogP contribution >= 0.6 is 11.5 Å². The third-order valence-electron chi connectivity index (χ3n) is 3.60. The van der Waals surface area contributed by atoms with Crippen LogP contribution in [0, 0.1) is 6.92 Å². The van der Waals surface area contributed by atoms with E-state index in [9.17, 15) is 4.79 Å². The summed E-state index contributed by atoms with van der Waals surface area (Å²) in [5.74, 6) is 0.0918. The molecule has 1 atom stereocenters. The molecule has 114 valence electrons. The molecule has 0 saturated heterocycles. The average Bonchev–Trinajstić information content (AvgIpc) is 2.75. The Morgan fingerprint density at radius 3 is 2.60 bits per heavy atom. The van der Waals surface area contributed by atoms with E-state index in [2.05, 4.69) is 35.4 Å². The minimum atomic E-state index is 0.0918. The molecule has 5 heteroatoms. The minimum Gasteiger partial charge on any atom is -0.373 e. The molecule has 1 heterocycles. The normalized spacial score (nSPS) is 12.7. The smallest absolute Gasteiger partial charge is 0.164 e. The van der Waals surface area contributed by atoms with Crippen LogP contribution in [0.4, 0.5) is 5.00 Å². The third-order valence-corrected chi connectivity index (χ3v) is 4.47. The summed E-state index contributed by atoms with van der Waals surface area (Å²) in [6.07, 6.45) is 2.27. The fourth-order valence-electron chi connectivity index (χ4n) is 2.34. The summed E-state index contributed by atoms with van der Waals surface area (Å²) in [6.45, 7) is 13.4. The van der Waals surface area contributed by atoms with Crippen LogP contribution in [0.5, 0.6) is 0 Å². The second-order valence-electron chi connectivity index (χ2n) is 5.24. The minimum absolute atomic E-state index is 0.0918. The molecule has 20 heavy (non-hydrogen) atoms. The van der Waals surface area contributed by atoms with Gasteiger partial charge in [0.15, 0.2) is 5.78 Å². The Hall–Kier alpha value is -0.940. The molecule has 1 N–H and O–H groups in total. The van der Waals surface area contributed by atoms with Crippen molar-refractivity contribution in [2.24, 2.45) is 0 Å². The van der Waals surface area contributed by atoms with Gasteiger partial charge in [-0.1, -0.05) is 13.8 Å². The van der Waals surface area contributed by atoms with Gasteiger partial charge in [0.2, 0.25) is 0 Å². The lowest BCUT2D eigenvalue weighted by atomic mass is 10.1. The van der Waals surface area contributed by atoms with E-state index in [-0.39, 0.29) is 5.78 Å². The van der Waals surface area contributed by atoms with E-state index in [1.807, 2.05) is 6.92 Å². The van der Waals surface area contributed by atoms with Crippen molar-refractivity contribution in [1.82, 2.24) is 9.27 Å². The summed E-state index contributed by atoms with van der Waals surface area (Å²) in [6, 6.07) is 0.364. The lowest BCUT2D eigenvalue weighted by Gasteiger charge is -2.20. The Morgan fingerprint density at radius 1 is 1.40 bits per heavy atom. The van der Waals surface area contributed by atoms with Gasteiger partial charge >= 0.3 is 0 Å². The number of aryl methyl sites for hydroxylation is 1. The SMILES string of the molecule is CCN(CC)CCCC(C)Nc1snc(C)c1C(C)=O. The molecule has 0 bridgehead atoms. The predicted octanol–water partition coefficient (Wildman–Crippen LogP) is 3.58. The second-order valence-corrected chi connectivity index (χ2v) is 6.02. The van der Waals surface area contributed by atoms with Crippen molar-refractivity contribution in [3.8, 4) is 0 Å². The number of carbonyl (C=O) groups is 1. The van der Waals surface area contributed by atoms with E-state index in [0.29, 0.717) is 6.04 Å². The van der Waals surface area contributed by atoms with Crippen molar-refractivity contribution in [3.05, 3.63) is 11.3 Å². The van der Waals surface area contributed by atoms with Gasteiger partial charge in [-0.25, -0.2) is 0 Å². The van der Waals surface area contributed by atoms with Crippen molar-refractivity contribution < 1.29 is 4.79 Å². The molecule has 0 aliphatic heterocycles. The van der Waals surface area contributed by atoms with Gasteiger partial charge in [-0.2, -0.15) is 4.37 Å². The van der Waals surface area contributed by atoms with Crippen LogP contribution in [0.2, 0.25) is 0 Å². The molecule has 1 unspecified atom stereocenters. The maximum absolute atomic E-state index is 11.6. The van der Waals surface area contributed by atoms with E-state index in [1.165, 1.54) is 18.0 Å². The van der Waals surface area contributed by atoms with E-state index in [0.717, 1.165) is 42.3 Å². The predicted molar refractivity (Wildman–Crippen MR) is 87.0 cm³/mol. The van der Waals surface area contributed by atoms with E-state index in [1.54, 1.807) is 6.92 Å². The molecule has 0 aliphatic rings. The van der Waals surface area contributed by atoms with E-state index >= 15 is 0 Å². The number of anilines is 1. The summed E-state index contributed by atoms with van der Waals surface area (Å²) in [7, 11) is 0.